The van der Waals surface area contributed by atoms with Crippen LogP contribution in [0.15, 0.2) is 20.3 Å². The number of halogens is 1. The van der Waals surface area contributed by atoms with Crippen LogP contribution in [0.5, 0.6) is 0 Å². The van der Waals surface area contributed by atoms with Gasteiger partial charge in [0, 0.05) is 33.0 Å². The zero-order chi connectivity index (χ0) is 12.7. The van der Waals surface area contributed by atoms with Crippen molar-refractivity contribution in [3.63, 3.8) is 0 Å². The van der Waals surface area contributed by atoms with Gasteiger partial charge in [0.1, 0.15) is 0 Å². The number of rotatable bonds is 7. The Balaban J connectivity index is 2.39. The highest BCUT2D eigenvalue weighted by molar-refractivity contribution is 9.10. The van der Waals surface area contributed by atoms with Gasteiger partial charge in [-0.3, -0.25) is 14.3 Å². The summed E-state index contributed by atoms with van der Waals surface area (Å²) in [5.41, 5.74) is -0.795. The van der Waals surface area contributed by atoms with E-state index in [1.807, 2.05) is 0 Å². The second kappa shape index (κ2) is 7.41. The number of methoxy groups -OCH3 is 1. The minimum atomic E-state index is -0.403. The SMILES string of the molecule is COCCCNCCn1cc(Br)c(=O)[nH]c1=O. The Morgan fingerprint density at radius 3 is 2.94 bits per heavy atom. The van der Waals surface area contributed by atoms with E-state index in [0.29, 0.717) is 17.6 Å². The molecule has 1 heterocycles. The molecule has 0 radical (unpaired) electrons. The van der Waals surface area contributed by atoms with Gasteiger partial charge in [0.15, 0.2) is 0 Å². The second-order valence-electron chi connectivity index (χ2n) is 3.53. The topological polar surface area (TPSA) is 76.1 Å². The fourth-order valence-corrected chi connectivity index (χ4v) is 1.66. The first-order valence-corrected chi connectivity index (χ1v) is 6.13. The molecule has 0 amide bonds. The Bertz CT molecular complexity index is 455. The lowest BCUT2D eigenvalue weighted by Gasteiger charge is -2.06. The van der Waals surface area contributed by atoms with E-state index in [1.165, 1.54) is 10.8 Å². The van der Waals surface area contributed by atoms with Crippen LogP contribution in [0.2, 0.25) is 0 Å². The summed E-state index contributed by atoms with van der Waals surface area (Å²) in [4.78, 5) is 24.7. The number of aromatic amines is 1. The van der Waals surface area contributed by atoms with Gasteiger partial charge in [0.2, 0.25) is 0 Å². The van der Waals surface area contributed by atoms with Gasteiger partial charge in [-0.05, 0) is 28.9 Å². The molecule has 0 saturated carbocycles. The number of hydrogen-bond donors (Lipinski definition) is 2. The predicted octanol–water partition coefficient (Wildman–Crippen LogP) is -0.0748. The molecule has 17 heavy (non-hydrogen) atoms. The molecule has 1 rings (SSSR count). The van der Waals surface area contributed by atoms with Crippen molar-refractivity contribution in [1.82, 2.24) is 14.9 Å². The van der Waals surface area contributed by atoms with Crippen molar-refractivity contribution in [2.24, 2.45) is 0 Å². The largest absolute Gasteiger partial charge is 0.385 e. The first-order chi connectivity index (χ1) is 8.15. The Labute approximate surface area is 107 Å². The summed E-state index contributed by atoms with van der Waals surface area (Å²) < 4.78 is 6.72. The lowest BCUT2D eigenvalue weighted by atomic mass is 10.4. The number of hydrogen-bond acceptors (Lipinski definition) is 4. The molecule has 7 heteroatoms. The van der Waals surface area contributed by atoms with Crippen LogP contribution in [-0.2, 0) is 11.3 Å². The summed E-state index contributed by atoms with van der Waals surface area (Å²) in [6, 6.07) is 0. The van der Waals surface area contributed by atoms with Crippen LogP contribution >= 0.6 is 15.9 Å². The summed E-state index contributed by atoms with van der Waals surface area (Å²) >= 11 is 3.08. The minimum Gasteiger partial charge on any atom is -0.385 e. The van der Waals surface area contributed by atoms with Crippen LogP contribution < -0.4 is 16.6 Å². The highest BCUT2D eigenvalue weighted by atomic mass is 79.9. The van der Waals surface area contributed by atoms with Crippen LogP contribution in [0.4, 0.5) is 0 Å². The van der Waals surface area contributed by atoms with Crippen LogP contribution in [0.3, 0.4) is 0 Å². The fourth-order valence-electron chi connectivity index (χ4n) is 1.31. The van der Waals surface area contributed by atoms with E-state index in [9.17, 15) is 9.59 Å². The monoisotopic (exact) mass is 305 g/mol. The third-order valence-electron chi connectivity index (χ3n) is 2.20. The molecule has 0 saturated heterocycles. The molecule has 0 aromatic carbocycles. The molecule has 0 unspecified atom stereocenters. The van der Waals surface area contributed by atoms with Gasteiger partial charge in [-0.15, -0.1) is 0 Å². The number of nitrogens with zero attached hydrogens (tertiary/aromatic N) is 1. The van der Waals surface area contributed by atoms with Crippen molar-refractivity contribution >= 4 is 15.9 Å². The Morgan fingerprint density at radius 2 is 2.24 bits per heavy atom. The zero-order valence-corrected chi connectivity index (χ0v) is 11.2. The highest BCUT2D eigenvalue weighted by Crippen LogP contribution is 1.97. The summed E-state index contributed by atoms with van der Waals surface area (Å²) in [6.07, 6.45) is 2.43. The maximum absolute atomic E-state index is 11.4. The van der Waals surface area contributed by atoms with Gasteiger partial charge in [0.25, 0.3) is 5.56 Å². The molecule has 0 fully saturated rings. The Kier molecular flexibility index (Phi) is 6.17. The van der Waals surface area contributed by atoms with E-state index >= 15 is 0 Å². The molecule has 6 nitrogen and oxygen atoms in total. The standard InChI is InChI=1S/C10H16BrN3O3/c1-17-6-2-3-12-4-5-14-7-8(11)9(15)13-10(14)16/h7,12H,2-6H2,1H3,(H,13,15,16). The van der Waals surface area contributed by atoms with Crippen molar-refractivity contribution in [3.8, 4) is 0 Å². The molecule has 0 aliphatic carbocycles. The highest BCUT2D eigenvalue weighted by Gasteiger charge is 2.00. The first-order valence-electron chi connectivity index (χ1n) is 5.34. The average Bonchev–Trinajstić information content (AvgIpc) is 2.30. The smallest absolute Gasteiger partial charge is 0.328 e. The summed E-state index contributed by atoms with van der Waals surface area (Å²) in [7, 11) is 1.66. The predicted molar refractivity (Wildman–Crippen MR) is 68.4 cm³/mol. The third-order valence-corrected chi connectivity index (χ3v) is 2.76. The van der Waals surface area contributed by atoms with Crippen molar-refractivity contribution in [3.05, 3.63) is 31.5 Å². The molecule has 2 N–H and O–H groups in total. The van der Waals surface area contributed by atoms with Crippen LogP contribution in [0, 0.1) is 0 Å². The molecule has 0 bridgehead atoms. The maximum atomic E-state index is 11.4. The molecule has 0 aliphatic heterocycles. The van der Waals surface area contributed by atoms with Crippen molar-refractivity contribution in [1.29, 1.82) is 0 Å². The van der Waals surface area contributed by atoms with Crippen LogP contribution in [0.25, 0.3) is 0 Å². The summed E-state index contributed by atoms with van der Waals surface area (Å²) in [6.45, 7) is 2.74. The minimum absolute atomic E-state index is 0.358. The molecule has 0 spiro atoms. The van der Waals surface area contributed by atoms with E-state index in [2.05, 4.69) is 26.2 Å². The Hall–Kier alpha value is -0.920. The number of aromatic nitrogens is 2. The molecule has 96 valence electrons. The lowest BCUT2D eigenvalue weighted by molar-refractivity contribution is 0.194. The van der Waals surface area contributed by atoms with E-state index in [4.69, 9.17) is 4.74 Å². The van der Waals surface area contributed by atoms with Gasteiger partial charge in [0.05, 0.1) is 4.47 Å². The van der Waals surface area contributed by atoms with Crippen molar-refractivity contribution < 1.29 is 4.74 Å². The van der Waals surface area contributed by atoms with Gasteiger partial charge < -0.3 is 10.1 Å². The second-order valence-corrected chi connectivity index (χ2v) is 4.38. The number of H-pyrrole nitrogens is 1. The summed E-state index contributed by atoms with van der Waals surface area (Å²) in [5.74, 6) is 0. The van der Waals surface area contributed by atoms with Crippen molar-refractivity contribution in [2.75, 3.05) is 26.8 Å². The molecule has 0 atom stereocenters. The first kappa shape index (κ1) is 14.1. The van der Waals surface area contributed by atoms with Crippen LogP contribution in [-0.4, -0.2) is 36.4 Å². The molecular formula is C10H16BrN3O3. The van der Waals surface area contributed by atoms with Crippen molar-refractivity contribution in [2.45, 2.75) is 13.0 Å². The molecule has 1 aromatic heterocycles. The molecule has 0 aliphatic rings. The normalized spacial score (nSPS) is 10.7. The average molecular weight is 306 g/mol. The van der Waals surface area contributed by atoms with Gasteiger partial charge in [-0.2, -0.15) is 0 Å². The van der Waals surface area contributed by atoms with Crippen LogP contribution in [0.1, 0.15) is 6.42 Å². The summed E-state index contributed by atoms with van der Waals surface area (Å²) in [5, 5.41) is 3.18. The van der Waals surface area contributed by atoms with E-state index in [1.54, 1.807) is 7.11 Å². The number of nitrogens with one attached hydrogen (secondary N) is 2. The Morgan fingerprint density at radius 1 is 1.47 bits per heavy atom. The fraction of sp³-hybridized carbons (Fsp3) is 0.600. The lowest BCUT2D eigenvalue weighted by Crippen LogP contribution is -2.33. The van der Waals surface area contributed by atoms with Gasteiger partial charge in [-0.25, -0.2) is 4.79 Å². The molecule has 1 aromatic rings. The zero-order valence-electron chi connectivity index (χ0n) is 9.66. The van der Waals surface area contributed by atoms with E-state index < -0.39 is 11.2 Å². The number of ether oxygens (including phenoxy) is 1. The van der Waals surface area contributed by atoms with E-state index in [-0.39, 0.29) is 0 Å². The third kappa shape index (κ3) is 4.84. The maximum Gasteiger partial charge on any atom is 0.328 e. The van der Waals surface area contributed by atoms with E-state index in [0.717, 1.165) is 19.6 Å². The van der Waals surface area contributed by atoms with Gasteiger partial charge in [-0.1, -0.05) is 0 Å². The quantitative estimate of drug-likeness (QED) is 0.691. The van der Waals surface area contributed by atoms with Gasteiger partial charge >= 0.3 is 5.69 Å². The molecular weight excluding hydrogens is 290 g/mol.